The molecule has 0 aliphatic heterocycles. The van der Waals surface area contributed by atoms with Crippen molar-refractivity contribution in [2.24, 2.45) is 0 Å². The molecule has 0 aliphatic carbocycles. The van der Waals surface area contributed by atoms with E-state index in [4.69, 9.17) is 9.69 Å². The molecule has 260 valence electrons. The number of hydrogen-bond donors (Lipinski definition) is 0. The van der Waals surface area contributed by atoms with E-state index in [0.717, 1.165) is 0 Å². The van der Waals surface area contributed by atoms with Gasteiger partial charge in [-0.3, -0.25) is 0 Å². The Labute approximate surface area is 302 Å². The summed E-state index contributed by atoms with van der Waals surface area (Å²) in [4.78, 5) is 0. The van der Waals surface area contributed by atoms with Gasteiger partial charge >= 0.3 is 127 Å². The molecule has 0 saturated carbocycles. The van der Waals surface area contributed by atoms with Crippen LogP contribution >= 0.6 is 35.4 Å². The van der Waals surface area contributed by atoms with Gasteiger partial charge in [-0.25, -0.2) is 0 Å². The Balaban J connectivity index is 0.000000328. The van der Waals surface area contributed by atoms with Gasteiger partial charge < -0.3 is 0 Å². The molecule has 1 atom stereocenters. The van der Waals surface area contributed by atoms with Crippen LogP contribution in [0.4, 0.5) is 0 Å². The zero-order valence-corrected chi connectivity index (χ0v) is 36.9. The fraction of sp³-hybridized carbons (Fsp3) is 0.429. The van der Waals surface area contributed by atoms with E-state index in [1.807, 2.05) is 18.2 Å². The molecule has 0 saturated heterocycles. The molecule has 0 fully saturated rings. The van der Waals surface area contributed by atoms with Crippen molar-refractivity contribution < 1.29 is 13.8 Å². The first-order chi connectivity index (χ1) is 21.2. The molecule has 0 aromatic heterocycles. The average Bonchev–Trinajstić information content (AvgIpc) is 2.98. The van der Waals surface area contributed by atoms with Gasteiger partial charge in [0.15, 0.2) is 0 Å². The Bertz CT molecular complexity index is 1300. The first kappa shape index (κ1) is 42.3. The maximum absolute atomic E-state index is 7.29. The number of benzene rings is 4. The zero-order valence-electron chi connectivity index (χ0n) is 31.2. The third kappa shape index (κ3) is 12.1. The van der Waals surface area contributed by atoms with Crippen LogP contribution in [0.5, 0.6) is 0 Å². The number of hydrogen-bond acceptors (Lipinski definition) is 0. The molecule has 0 spiro atoms. The van der Waals surface area contributed by atoms with Crippen LogP contribution in [0.15, 0.2) is 115 Å². The summed E-state index contributed by atoms with van der Waals surface area (Å²) in [5, 5.41) is 1.53. The maximum atomic E-state index is 7.29. The van der Waals surface area contributed by atoms with E-state index in [2.05, 4.69) is 180 Å². The summed E-state index contributed by atoms with van der Waals surface area (Å²) in [6, 6.07) is 41.0. The van der Waals surface area contributed by atoms with E-state index in [9.17, 15) is 0 Å². The first-order valence-electron chi connectivity index (χ1n) is 16.5. The van der Waals surface area contributed by atoms with Crippen molar-refractivity contribution in [1.82, 2.24) is 0 Å². The van der Waals surface area contributed by atoms with Crippen molar-refractivity contribution in [3.8, 4) is 0 Å². The van der Waals surface area contributed by atoms with Gasteiger partial charge in [-0.05, 0) is 44.1 Å². The summed E-state index contributed by atoms with van der Waals surface area (Å²) >= 11 is -2.80. The second kappa shape index (κ2) is 17.3. The van der Waals surface area contributed by atoms with Crippen LogP contribution in [0.1, 0.15) is 94.2 Å². The van der Waals surface area contributed by atoms with Crippen LogP contribution in [0.2, 0.25) is 0 Å². The molecule has 5 heteroatoms. The average molecular weight is 796 g/mol. The fourth-order valence-electron chi connectivity index (χ4n) is 6.22. The van der Waals surface area contributed by atoms with Gasteiger partial charge in [0.25, 0.3) is 0 Å². The number of rotatable bonds is 7. The van der Waals surface area contributed by atoms with Crippen LogP contribution in [0.25, 0.3) is 0 Å². The minimum absolute atomic E-state index is 0. The Morgan fingerprint density at radius 2 is 0.681 bits per heavy atom. The van der Waals surface area contributed by atoms with E-state index in [1.165, 1.54) is 35.9 Å². The Hall–Kier alpha value is -0.917. The third-order valence-electron chi connectivity index (χ3n) is 7.93. The molecule has 0 N–H and O–H groups in total. The fourth-order valence-corrected chi connectivity index (χ4v) is 20.0. The SMILES string of the molecule is CC(C)(C)P(Cc1cccc(CP(C(C)(C)C)C(C)(C)C)c1)C(C)(C)C.P.[Cl][Ru]([c]1ccccc1)([c]1ccccc1)[c]1ccccc1. The molecular formula is C42H62ClP3Ru. The molecule has 0 aliphatic rings. The molecule has 47 heavy (non-hydrogen) atoms. The standard InChI is InChI=1S/C24H44P2.3C6H5.ClH.H3P.Ru/c1-21(2,3)25(22(4,5)6)17-19-14-13-15-20(16-19)18-26(23(7,8)9)24(10,11)12;3*1-2-4-6-5-3-1;;;/h13-16H,17-18H2,1-12H3;3*1-5H;1H;1H3;/q;;;;;;+1/p-1. The van der Waals surface area contributed by atoms with Crippen LogP contribution in [0.3, 0.4) is 0 Å². The van der Waals surface area contributed by atoms with Gasteiger partial charge in [0.2, 0.25) is 0 Å². The van der Waals surface area contributed by atoms with Crippen molar-refractivity contribution in [2.75, 3.05) is 0 Å². The van der Waals surface area contributed by atoms with Crippen molar-refractivity contribution >= 4 is 47.9 Å². The molecule has 0 nitrogen and oxygen atoms in total. The molecule has 0 radical (unpaired) electrons. The number of halogens is 1. The van der Waals surface area contributed by atoms with E-state index < -0.39 is 13.8 Å². The Kier molecular flexibility index (Phi) is 15.6. The Morgan fingerprint density at radius 1 is 0.426 bits per heavy atom. The second-order valence-corrected chi connectivity index (χ2v) is 31.4. The van der Waals surface area contributed by atoms with Crippen LogP contribution in [-0.4, -0.2) is 20.6 Å². The van der Waals surface area contributed by atoms with Gasteiger partial charge in [0.1, 0.15) is 0 Å². The first-order valence-corrected chi connectivity index (χ1v) is 24.4. The van der Waals surface area contributed by atoms with E-state index in [0.29, 0.717) is 20.6 Å². The van der Waals surface area contributed by atoms with E-state index in [1.54, 1.807) is 0 Å². The van der Waals surface area contributed by atoms with Crippen LogP contribution < -0.4 is 12.5 Å². The predicted molar refractivity (Wildman–Crippen MR) is 222 cm³/mol. The molecule has 4 rings (SSSR count). The summed E-state index contributed by atoms with van der Waals surface area (Å²) in [5.41, 5.74) is 3.08. The van der Waals surface area contributed by atoms with Crippen molar-refractivity contribution in [3.63, 3.8) is 0 Å². The Morgan fingerprint density at radius 3 is 0.915 bits per heavy atom. The van der Waals surface area contributed by atoms with E-state index in [-0.39, 0.29) is 25.7 Å². The molecular weight excluding hydrogens is 734 g/mol. The van der Waals surface area contributed by atoms with Crippen molar-refractivity contribution in [1.29, 1.82) is 0 Å². The topological polar surface area (TPSA) is 0 Å². The van der Waals surface area contributed by atoms with Crippen molar-refractivity contribution in [2.45, 2.75) is 116 Å². The summed E-state index contributed by atoms with van der Waals surface area (Å²) < 4.78 is 3.76. The molecule has 0 amide bonds. The normalized spacial score (nSPS) is 13.1. The molecule has 0 bridgehead atoms. The molecule has 0 heterocycles. The summed E-state index contributed by atoms with van der Waals surface area (Å²) in [6.07, 6.45) is 2.47. The molecule has 4 aromatic carbocycles. The second-order valence-electron chi connectivity index (χ2n) is 16.0. The van der Waals surface area contributed by atoms with Crippen molar-refractivity contribution in [3.05, 3.63) is 126 Å². The van der Waals surface area contributed by atoms with Crippen LogP contribution in [0, 0.1) is 0 Å². The van der Waals surface area contributed by atoms with Gasteiger partial charge in [0, 0.05) is 0 Å². The molecule has 4 aromatic rings. The minimum atomic E-state index is -2.80. The van der Waals surface area contributed by atoms with Gasteiger partial charge in [-0.1, -0.05) is 123 Å². The monoisotopic (exact) mass is 796 g/mol. The van der Waals surface area contributed by atoms with Gasteiger partial charge in [0.05, 0.1) is 0 Å². The summed E-state index contributed by atoms with van der Waals surface area (Å²) in [7, 11) is 7.10. The summed E-state index contributed by atoms with van der Waals surface area (Å²) in [5.74, 6) is 0. The van der Waals surface area contributed by atoms with Gasteiger partial charge in [-0.2, -0.15) is 9.90 Å². The summed E-state index contributed by atoms with van der Waals surface area (Å²) in [6.45, 7) is 29.1. The predicted octanol–water partition coefficient (Wildman–Crippen LogP) is 12.2. The van der Waals surface area contributed by atoms with Gasteiger partial charge in [-0.15, -0.1) is 0 Å². The third-order valence-corrected chi connectivity index (χ3v) is 24.4. The zero-order chi connectivity index (χ0) is 34.4. The quantitative estimate of drug-likeness (QED) is 0.129. The van der Waals surface area contributed by atoms with Crippen LogP contribution in [-0.2, 0) is 26.1 Å². The van der Waals surface area contributed by atoms with E-state index >= 15 is 0 Å². The molecule has 1 unspecified atom stereocenters.